The van der Waals surface area contributed by atoms with Gasteiger partial charge >= 0.3 is 6.09 Å². The molecule has 0 heterocycles. The van der Waals surface area contributed by atoms with Crippen molar-refractivity contribution in [2.75, 3.05) is 5.33 Å². The van der Waals surface area contributed by atoms with E-state index in [9.17, 15) is 4.79 Å². The lowest BCUT2D eigenvalue weighted by atomic mass is 10.1. The van der Waals surface area contributed by atoms with E-state index < -0.39 is 5.60 Å². The Kier molecular flexibility index (Phi) is 8.66. The van der Waals surface area contributed by atoms with Crippen molar-refractivity contribution in [1.29, 1.82) is 0 Å². The van der Waals surface area contributed by atoms with E-state index in [2.05, 4.69) is 21.2 Å². The highest BCUT2D eigenvalue weighted by atomic mass is 79.9. The van der Waals surface area contributed by atoms with Crippen molar-refractivity contribution in [2.24, 2.45) is 0 Å². The van der Waals surface area contributed by atoms with E-state index in [1.165, 1.54) is 19.3 Å². The zero-order chi connectivity index (χ0) is 13.3. The van der Waals surface area contributed by atoms with Gasteiger partial charge in [0.25, 0.3) is 0 Å². The number of hydrogen-bond donors (Lipinski definition) is 1. The van der Waals surface area contributed by atoms with Gasteiger partial charge in [0.2, 0.25) is 0 Å². The van der Waals surface area contributed by atoms with Crippen molar-refractivity contribution in [2.45, 2.75) is 71.4 Å². The van der Waals surface area contributed by atoms with Crippen LogP contribution in [0, 0.1) is 0 Å². The molecule has 0 radical (unpaired) electrons. The Morgan fingerprint density at radius 2 is 1.82 bits per heavy atom. The van der Waals surface area contributed by atoms with Gasteiger partial charge in [0.15, 0.2) is 0 Å². The van der Waals surface area contributed by atoms with Crippen molar-refractivity contribution in [3.8, 4) is 0 Å². The van der Waals surface area contributed by atoms with Gasteiger partial charge in [-0.1, -0.05) is 35.2 Å². The van der Waals surface area contributed by atoms with Crippen molar-refractivity contribution in [1.82, 2.24) is 5.32 Å². The van der Waals surface area contributed by atoms with E-state index in [-0.39, 0.29) is 12.1 Å². The third kappa shape index (κ3) is 12.0. The normalized spacial score (nSPS) is 13.2. The summed E-state index contributed by atoms with van der Waals surface area (Å²) >= 11 is 3.42. The number of nitrogens with one attached hydrogen (secondary N) is 1. The molecule has 4 heteroatoms. The maximum atomic E-state index is 11.5. The zero-order valence-corrected chi connectivity index (χ0v) is 13.1. The summed E-state index contributed by atoms with van der Waals surface area (Å²) in [5.41, 5.74) is -0.417. The number of unbranched alkanes of at least 4 members (excludes halogenated alkanes) is 3. The first kappa shape index (κ1) is 16.8. The highest BCUT2D eigenvalue weighted by molar-refractivity contribution is 9.09. The SMILES string of the molecule is CC(CCCCCCBr)NC(=O)OC(C)(C)C. The van der Waals surface area contributed by atoms with Crippen molar-refractivity contribution in [3.63, 3.8) is 0 Å². The molecule has 1 unspecified atom stereocenters. The Morgan fingerprint density at radius 1 is 1.24 bits per heavy atom. The highest BCUT2D eigenvalue weighted by Crippen LogP contribution is 2.09. The van der Waals surface area contributed by atoms with Gasteiger partial charge < -0.3 is 10.1 Å². The second-order valence-electron chi connectivity index (χ2n) is 5.44. The Balaban J connectivity index is 3.57. The Bertz CT molecular complexity index is 214. The molecule has 0 fully saturated rings. The van der Waals surface area contributed by atoms with Gasteiger partial charge in [0.05, 0.1) is 0 Å². The van der Waals surface area contributed by atoms with Crippen LogP contribution in [-0.4, -0.2) is 23.1 Å². The molecule has 0 spiro atoms. The zero-order valence-electron chi connectivity index (χ0n) is 11.5. The molecule has 102 valence electrons. The number of hydrogen-bond acceptors (Lipinski definition) is 2. The van der Waals surface area contributed by atoms with Crippen LogP contribution in [0.4, 0.5) is 4.79 Å². The van der Waals surface area contributed by atoms with Gasteiger partial charge in [-0.05, 0) is 40.5 Å². The maximum absolute atomic E-state index is 11.5. The lowest BCUT2D eigenvalue weighted by molar-refractivity contribution is 0.0506. The summed E-state index contributed by atoms with van der Waals surface area (Å²) in [6.07, 6.45) is 5.57. The van der Waals surface area contributed by atoms with Crippen LogP contribution in [0.5, 0.6) is 0 Å². The van der Waals surface area contributed by atoms with Crippen LogP contribution in [0.1, 0.15) is 59.8 Å². The molecule has 0 aliphatic rings. The smallest absolute Gasteiger partial charge is 0.407 e. The second-order valence-corrected chi connectivity index (χ2v) is 6.23. The standard InChI is InChI=1S/C13H26BrNO2/c1-11(9-7-5-6-8-10-14)15-12(16)17-13(2,3)4/h11H,5-10H2,1-4H3,(H,15,16). The first-order valence-electron chi connectivity index (χ1n) is 6.40. The third-order valence-electron chi connectivity index (χ3n) is 2.28. The molecule has 0 bridgehead atoms. The molecule has 0 rings (SSSR count). The van der Waals surface area contributed by atoms with Crippen LogP contribution in [0.15, 0.2) is 0 Å². The van der Waals surface area contributed by atoms with Crippen LogP contribution in [0.25, 0.3) is 0 Å². The fourth-order valence-corrected chi connectivity index (χ4v) is 1.88. The number of rotatable bonds is 7. The first-order chi connectivity index (χ1) is 7.85. The number of carbonyl (C=O) groups excluding carboxylic acids is 1. The number of carbonyl (C=O) groups is 1. The Hall–Kier alpha value is -0.250. The van der Waals surface area contributed by atoms with Crippen LogP contribution < -0.4 is 5.32 Å². The summed E-state index contributed by atoms with van der Waals surface area (Å²) < 4.78 is 5.20. The van der Waals surface area contributed by atoms with Crippen LogP contribution in [-0.2, 0) is 4.74 Å². The molecular weight excluding hydrogens is 282 g/mol. The van der Waals surface area contributed by atoms with Crippen molar-refractivity contribution >= 4 is 22.0 Å². The molecule has 17 heavy (non-hydrogen) atoms. The molecule has 1 amide bonds. The lowest BCUT2D eigenvalue weighted by Crippen LogP contribution is -2.37. The summed E-state index contributed by atoms with van der Waals surface area (Å²) in [5, 5.41) is 3.94. The van der Waals surface area contributed by atoms with Crippen molar-refractivity contribution < 1.29 is 9.53 Å². The predicted octanol–water partition coefficient (Wildman–Crippen LogP) is 4.25. The number of amides is 1. The van der Waals surface area contributed by atoms with Crippen LogP contribution >= 0.6 is 15.9 Å². The van der Waals surface area contributed by atoms with E-state index in [1.54, 1.807) is 0 Å². The van der Waals surface area contributed by atoms with Gasteiger partial charge in [-0.2, -0.15) is 0 Å². The quantitative estimate of drug-likeness (QED) is 0.564. The number of alkyl halides is 1. The average molecular weight is 308 g/mol. The molecule has 0 saturated heterocycles. The molecule has 0 aliphatic heterocycles. The maximum Gasteiger partial charge on any atom is 0.407 e. The molecule has 0 aromatic rings. The number of ether oxygens (including phenoxy) is 1. The van der Waals surface area contributed by atoms with E-state index in [0.29, 0.717) is 0 Å². The number of alkyl carbamates (subject to hydrolysis) is 1. The fourth-order valence-electron chi connectivity index (χ4n) is 1.48. The minimum Gasteiger partial charge on any atom is -0.444 e. The summed E-state index contributed by atoms with van der Waals surface area (Å²) in [6, 6.07) is 0.189. The minimum absolute atomic E-state index is 0.189. The average Bonchev–Trinajstić information content (AvgIpc) is 2.14. The first-order valence-corrected chi connectivity index (χ1v) is 7.53. The molecule has 1 atom stereocenters. The monoisotopic (exact) mass is 307 g/mol. The largest absolute Gasteiger partial charge is 0.444 e. The summed E-state index contributed by atoms with van der Waals surface area (Å²) in [7, 11) is 0. The van der Waals surface area contributed by atoms with E-state index in [1.807, 2.05) is 27.7 Å². The molecule has 3 nitrogen and oxygen atoms in total. The fraction of sp³-hybridized carbons (Fsp3) is 0.923. The van der Waals surface area contributed by atoms with E-state index in [4.69, 9.17) is 4.74 Å². The summed E-state index contributed by atoms with van der Waals surface area (Å²) in [5.74, 6) is 0. The minimum atomic E-state index is -0.417. The molecular formula is C13H26BrNO2. The van der Waals surface area contributed by atoms with Gasteiger partial charge in [0, 0.05) is 11.4 Å². The third-order valence-corrected chi connectivity index (χ3v) is 2.84. The summed E-state index contributed by atoms with van der Waals surface area (Å²) in [6.45, 7) is 7.64. The topological polar surface area (TPSA) is 38.3 Å². The lowest BCUT2D eigenvalue weighted by Gasteiger charge is -2.21. The predicted molar refractivity (Wildman–Crippen MR) is 75.7 cm³/mol. The molecule has 0 aliphatic carbocycles. The van der Waals surface area contributed by atoms with Gasteiger partial charge in [-0.3, -0.25) is 0 Å². The second kappa shape index (κ2) is 8.78. The molecule has 0 saturated carbocycles. The van der Waals surface area contributed by atoms with Gasteiger partial charge in [0.1, 0.15) is 5.60 Å². The van der Waals surface area contributed by atoms with Gasteiger partial charge in [-0.15, -0.1) is 0 Å². The van der Waals surface area contributed by atoms with Crippen molar-refractivity contribution in [3.05, 3.63) is 0 Å². The number of halogens is 1. The van der Waals surface area contributed by atoms with Gasteiger partial charge in [-0.25, -0.2) is 4.79 Å². The Labute approximate surface area is 114 Å². The van der Waals surface area contributed by atoms with E-state index >= 15 is 0 Å². The molecule has 1 N–H and O–H groups in total. The molecule has 0 aromatic carbocycles. The Morgan fingerprint density at radius 3 is 2.35 bits per heavy atom. The van der Waals surface area contributed by atoms with Crippen LogP contribution in [0.3, 0.4) is 0 Å². The molecule has 0 aromatic heterocycles. The highest BCUT2D eigenvalue weighted by Gasteiger charge is 2.17. The summed E-state index contributed by atoms with van der Waals surface area (Å²) in [4.78, 5) is 11.5. The van der Waals surface area contributed by atoms with E-state index in [0.717, 1.165) is 18.2 Å². The van der Waals surface area contributed by atoms with Crippen LogP contribution in [0.2, 0.25) is 0 Å².